The Morgan fingerprint density at radius 2 is 1.79 bits per heavy atom. The first kappa shape index (κ1) is 21.0. The van der Waals surface area contributed by atoms with Gasteiger partial charge >= 0.3 is 0 Å². The van der Waals surface area contributed by atoms with E-state index in [2.05, 4.69) is 15.5 Å². The molecule has 1 heterocycles. The Morgan fingerprint density at radius 3 is 2.48 bits per heavy atom. The molecule has 1 amide bonds. The first-order valence-electron chi connectivity index (χ1n) is 8.84. The highest BCUT2D eigenvalue weighted by Gasteiger charge is 2.12. The zero-order valence-corrected chi connectivity index (χ0v) is 17.7. The van der Waals surface area contributed by atoms with Gasteiger partial charge in [-0.1, -0.05) is 35.5 Å². The third-order valence-electron chi connectivity index (χ3n) is 4.09. The third-order valence-corrected chi connectivity index (χ3v) is 5.36. The van der Waals surface area contributed by atoms with Crippen molar-refractivity contribution in [1.82, 2.24) is 20.1 Å². The number of ether oxygens (including phenoxy) is 2. The minimum absolute atomic E-state index is 0.0796. The molecule has 0 aliphatic heterocycles. The van der Waals surface area contributed by atoms with Crippen LogP contribution in [0.25, 0.3) is 0 Å². The van der Waals surface area contributed by atoms with Crippen LogP contribution in [0.15, 0.2) is 53.7 Å². The lowest BCUT2D eigenvalue weighted by Crippen LogP contribution is -2.24. The lowest BCUT2D eigenvalue weighted by molar-refractivity contribution is -0.118. The molecule has 3 aromatic rings. The monoisotopic (exact) mass is 432 g/mol. The predicted molar refractivity (Wildman–Crippen MR) is 112 cm³/mol. The first-order valence-corrected chi connectivity index (χ1v) is 10.2. The van der Waals surface area contributed by atoms with E-state index in [0.29, 0.717) is 28.3 Å². The van der Waals surface area contributed by atoms with Crippen LogP contribution in [0, 0.1) is 0 Å². The normalized spacial score (nSPS) is 10.6. The maximum absolute atomic E-state index is 12.1. The topological polar surface area (TPSA) is 78.3 Å². The van der Waals surface area contributed by atoms with Gasteiger partial charge in [-0.15, -0.1) is 10.2 Å². The smallest absolute Gasteiger partial charge is 0.230 e. The maximum atomic E-state index is 12.1. The van der Waals surface area contributed by atoms with Crippen LogP contribution in [-0.2, 0) is 25.0 Å². The predicted octanol–water partition coefficient (Wildman–Crippen LogP) is 3.46. The molecular weight excluding hydrogens is 412 g/mol. The number of methoxy groups -OCH3 is 1. The molecule has 1 aromatic heterocycles. The molecule has 2 aromatic carbocycles. The molecule has 0 fully saturated rings. The SMILES string of the molecule is COc1ccc(OCc2nnc(SCC(=O)NCc3ccc(Cl)cc3)n2C)cc1. The van der Waals surface area contributed by atoms with Crippen LogP contribution >= 0.6 is 23.4 Å². The number of aromatic nitrogens is 3. The Bertz CT molecular complexity index is 945. The van der Waals surface area contributed by atoms with Gasteiger partial charge in [-0.2, -0.15) is 0 Å². The summed E-state index contributed by atoms with van der Waals surface area (Å²) in [5.41, 5.74) is 0.990. The van der Waals surface area contributed by atoms with Gasteiger partial charge in [0.15, 0.2) is 11.0 Å². The van der Waals surface area contributed by atoms with Gasteiger partial charge in [-0.05, 0) is 42.0 Å². The van der Waals surface area contributed by atoms with Gasteiger partial charge in [0.2, 0.25) is 5.91 Å². The van der Waals surface area contributed by atoms with E-state index in [1.807, 2.05) is 48.0 Å². The van der Waals surface area contributed by atoms with Crippen LogP contribution in [0.1, 0.15) is 11.4 Å². The fraction of sp³-hybridized carbons (Fsp3) is 0.250. The number of benzene rings is 2. The number of nitrogens with one attached hydrogen (secondary N) is 1. The highest BCUT2D eigenvalue weighted by Crippen LogP contribution is 2.19. The van der Waals surface area contributed by atoms with E-state index >= 15 is 0 Å². The van der Waals surface area contributed by atoms with E-state index in [9.17, 15) is 4.79 Å². The largest absolute Gasteiger partial charge is 0.497 e. The molecule has 152 valence electrons. The van der Waals surface area contributed by atoms with Gasteiger partial charge in [0.05, 0.1) is 12.9 Å². The lowest BCUT2D eigenvalue weighted by atomic mass is 10.2. The Hall–Kier alpha value is -2.71. The quantitative estimate of drug-likeness (QED) is 0.522. The van der Waals surface area contributed by atoms with Crippen LogP contribution < -0.4 is 14.8 Å². The highest BCUT2D eigenvalue weighted by atomic mass is 35.5. The fourth-order valence-corrected chi connectivity index (χ4v) is 3.29. The summed E-state index contributed by atoms with van der Waals surface area (Å²) in [7, 11) is 3.47. The van der Waals surface area contributed by atoms with Crippen LogP contribution in [0.3, 0.4) is 0 Å². The van der Waals surface area contributed by atoms with Crippen LogP contribution in [0.5, 0.6) is 11.5 Å². The Balaban J connectivity index is 1.45. The number of thioether (sulfide) groups is 1. The Morgan fingerprint density at radius 1 is 1.10 bits per heavy atom. The van der Waals surface area contributed by atoms with Crippen molar-refractivity contribution in [2.45, 2.75) is 18.3 Å². The molecule has 1 N–H and O–H groups in total. The lowest BCUT2D eigenvalue weighted by Gasteiger charge is -2.08. The zero-order chi connectivity index (χ0) is 20.6. The summed E-state index contributed by atoms with van der Waals surface area (Å²) in [6.45, 7) is 0.732. The number of amides is 1. The number of nitrogens with zero attached hydrogens (tertiary/aromatic N) is 3. The number of carbonyl (C=O) groups is 1. The van der Waals surface area contributed by atoms with E-state index in [-0.39, 0.29) is 18.3 Å². The van der Waals surface area contributed by atoms with E-state index in [0.717, 1.165) is 11.3 Å². The van der Waals surface area contributed by atoms with Crippen molar-refractivity contribution >= 4 is 29.3 Å². The van der Waals surface area contributed by atoms with Crippen LogP contribution in [0.2, 0.25) is 5.02 Å². The number of halogens is 1. The molecule has 7 nitrogen and oxygen atoms in total. The molecule has 0 spiro atoms. The maximum Gasteiger partial charge on any atom is 0.230 e. The van der Waals surface area contributed by atoms with Crippen molar-refractivity contribution in [2.75, 3.05) is 12.9 Å². The number of rotatable bonds is 9. The van der Waals surface area contributed by atoms with Crippen LogP contribution in [-0.4, -0.2) is 33.5 Å². The molecule has 0 aliphatic rings. The Kier molecular flexibility index (Phi) is 7.37. The van der Waals surface area contributed by atoms with E-state index in [1.54, 1.807) is 19.2 Å². The summed E-state index contributed by atoms with van der Waals surface area (Å²) >= 11 is 7.18. The van der Waals surface area contributed by atoms with Crippen molar-refractivity contribution in [3.8, 4) is 11.5 Å². The second kappa shape index (κ2) is 10.2. The molecule has 0 radical (unpaired) electrons. The summed E-state index contributed by atoms with van der Waals surface area (Å²) in [5, 5.41) is 12.5. The standard InChI is InChI=1S/C20H21ClN4O3S/c1-25-18(12-28-17-9-7-16(27-2)8-10-17)23-24-20(25)29-13-19(26)22-11-14-3-5-15(21)6-4-14/h3-10H,11-13H2,1-2H3,(H,22,26). The van der Waals surface area contributed by atoms with E-state index in [1.165, 1.54) is 11.8 Å². The van der Waals surface area contributed by atoms with Crippen molar-refractivity contribution < 1.29 is 14.3 Å². The van der Waals surface area contributed by atoms with Crippen molar-refractivity contribution in [2.24, 2.45) is 7.05 Å². The second-order valence-corrected chi connectivity index (χ2v) is 7.49. The number of hydrogen-bond donors (Lipinski definition) is 1. The van der Waals surface area contributed by atoms with Gasteiger partial charge in [-0.3, -0.25) is 4.79 Å². The van der Waals surface area contributed by atoms with Gasteiger partial charge in [0.25, 0.3) is 0 Å². The van der Waals surface area contributed by atoms with E-state index < -0.39 is 0 Å². The van der Waals surface area contributed by atoms with Crippen molar-refractivity contribution in [3.05, 3.63) is 64.9 Å². The molecule has 3 rings (SSSR count). The molecule has 0 saturated carbocycles. The van der Waals surface area contributed by atoms with Crippen molar-refractivity contribution in [1.29, 1.82) is 0 Å². The highest BCUT2D eigenvalue weighted by molar-refractivity contribution is 7.99. The molecular formula is C20H21ClN4O3S. The van der Waals surface area contributed by atoms with Crippen molar-refractivity contribution in [3.63, 3.8) is 0 Å². The second-order valence-electron chi connectivity index (χ2n) is 6.11. The number of hydrogen-bond acceptors (Lipinski definition) is 6. The summed E-state index contributed by atoms with van der Waals surface area (Å²) in [6.07, 6.45) is 0. The minimum atomic E-state index is -0.0796. The molecule has 0 bridgehead atoms. The fourth-order valence-electron chi connectivity index (χ4n) is 2.40. The average Bonchev–Trinajstić information content (AvgIpc) is 3.10. The number of carbonyl (C=O) groups excluding carboxylic acids is 1. The molecule has 0 unspecified atom stereocenters. The molecule has 9 heteroatoms. The summed E-state index contributed by atoms with van der Waals surface area (Å²) in [6, 6.07) is 14.7. The third kappa shape index (κ3) is 6.13. The minimum Gasteiger partial charge on any atom is -0.497 e. The zero-order valence-electron chi connectivity index (χ0n) is 16.1. The van der Waals surface area contributed by atoms with Gasteiger partial charge < -0.3 is 19.4 Å². The summed E-state index contributed by atoms with van der Waals surface area (Å²) < 4.78 is 12.7. The molecule has 0 atom stereocenters. The summed E-state index contributed by atoms with van der Waals surface area (Å²) in [5.74, 6) is 2.32. The molecule has 29 heavy (non-hydrogen) atoms. The van der Waals surface area contributed by atoms with Crippen LogP contribution in [0.4, 0.5) is 0 Å². The van der Waals surface area contributed by atoms with Gasteiger partial charge in [0, 0.05) is 18.6 Å². The summed E-state index contributed by atoms with van der Waals surface area (Å²) in [4.78, 5) is 12.1. The van der Waals surface area contributed by atoms with Gasteiger partial charge in [0.1, 0.15) is 18.1 Å². The average molecular weight is 433 g/mol. The first-order chi connectivity index (χ1) is 14.0. The van der Waals surface area contributed by atoms with E-state index in [4.69, 9.17) is 21.1 Å². The Labute approximate surface area is 178 Å². The molecule has 0 saturated heterocycles. The molecule has 0 aliphatic carbocycles. The van der Waals surface area contributed by atoms with Gasteiger partial charge in [-0.25, -0.2) is 0 Å².